The Morgan fingerprint density at radius 1 is 1.12 bits per heavy atom. The van der Waals surface area contributed by atoms with Crippen molar-refractivity contribution >= 4 is 18.3 Å². The van der Waals surface area contributed by atoms with Crippen LogP contribution < -0.4 is 10.9 Å². The Kier molecular flexibility index (Phi) is 7.02. The van der Waals surface area contributed by atoms with Crippen molar-refractivity contribution in [2.45, 2.75) is 46.0 Å². The predicted molar refractivity (Wildman–Crippen MR) is 100 cm³/mol. The lowest BCUT2D eigenvalue weighted by atomic mass is 9.79. The summed E-state index contributed by atoms with van der Waals surface area (Å²) in [6.07, 6.45) is 4.88. The van der Waals surface area contributed by atoms with Crippen LogP contribution in [0.4, 0.5) is 0 Å². The number of carbonyl (C=O) groups is 1. The van der Waals surface area contributed by atoms with E-state index in [1.54, 1.807) is 13.8 Å². The Bertz CT molecular complexity index is 647. The van der Waals surface area contributed by atoms with Crippen molar-refractivity contribution in [3.63, 3.8) is 0 Å². The van der Waals surface area contributed by atoms with Crippen LogP contribution in [-0.2, 0) is 11.2 Å². The first-order valence-electron chi connectivity index (χ1n) is 9.09. The van der Waals surface area contributed by atoms with E-state index in [0.29, 0.717) is 17.1 Å². The molecule has 7 heteroatoms. The van der Waals surface area contributed by atoms with Gasteiger partial charge in [-0.3, -0.25) is 9.59 Å². The SMILES string of the molecule is Cc1nc(C)c(CC(=O)N2CCC(C3CCNCC3)CC2)c(=O)[nH]1.Cl. The Morgan fingerprint density at radius 3 is 2.32 bits per heavy atom. The summed E-state index contributed by atoms with van der Waals surface area (Å²) >= 11 is 0. The second-order valence-electron chi connectivity index (χ2n) is 7.20. The van der Waals surface area contributed by atoms with Crippen molar-refractivity contribution in [2.75, 3.05) is 26.2 Å². The number of hydrogen-bond acceptors (Lipinski definition) is 4. The first-order chi connectivity index (χ1) is 11.5. The number of nitrogens with one attached hydrogen (secondary N) is 2. The van der Waals surface area contributed by atoms with Crippen LogP contribution in [0.2, 0.25) is 0 Å². The maximum absolute atomic E-state index is 12.6. The highest BCUT2D eigenvalue weighted by Gasteiger charge is 2.29. The van der Waals surface area contributed by atoms with Crippen LogP contribution in [0.25, 0.3) is 0 Å². The van der Waals surface area contributed by atoms with Crippen LogP contribution in [0.15, 0.2) is 4.79 Å². The molecule has 2 aliphatic rings. The van der Waals surface area contributed by atoms with E-state index in [9.17, 15) is 9.59 Å². The summed E-state index contributed by atoms with van der Waals surface area (Å²) in [5.74, 6) is 2.21. The van der Waals surface area contributed by atoms with Gasteiger partial charge in [0.15, 0.2) is 0 Å². The summed E-state index contributed by atoms with van der Waals surface area (Å²) in [5.41, 5.74) is 0.984. The molecule has 2 aliphatic heterocycles. The van der Waals surface area contributed by atoms with E-state index >= 15 is 0 Å². The van der Waals surface area contributed by atoms with Crippen molar-refractivity contribution in [3.05, 3.63) is 27.4 Å². The second-order valence-corrected chi connectivity index (χ2v) is 7.20. The molecule has 0 unspecified atom stereocenters. The fraction of sp³-hybridized carbons (Fsp3) is 0.722. The molecule has 1 aromatic heterocycles. The van der Waals surface area contributed by atoms with Crippen LogP contribution in [0, 0.1) is 25.7 Å². The number of piperidine rings is 2. The minimum absolute atomic E-state index is 0. The molecule has 0 aromatic carbocycles. The van der Waals surface area contributed by atoms with Crippen molar-refractivity contribution in [1.82, 2.24) is 20.2 Å². The van der Waals surface area contributed by atoms with Crippen molar-refractivity contribution in [2.24, 2.45) is 11.8 Å². The minimum atomic E-state index is -0.182. The fourth-order valence-corrected chi connectivity index (χ4v) is 4.16. The topological polar surface area (TPSA) is 78.1 Å². The number of carbonyl (C=O) groups excluding carboxylic acids is 1. The van der Waals surface area contributed by atoms with Gasteiger partial charge >= 0.3 is 0 Å². The number of halogens is 1. The van der Waals surface area contributed by atoms with Crippen molar-refractivity contribution < 1.29 is 4.79 Å². The maximum Gasteiger partial charge on any atom is 0.254 e. The molecule has 0 saturated carbocycles. The molecule has 2 N–H and O–H groups in total. The van der Waals surface area contributed by atoms with Crippen molar-refractivity contribution in [1.29, 1.82) is 0 Å². The lowest BCUT2D eigenvalue weighted by Gasteiger charge is -2.37. The van der Waals surface area contributed by atoms with Crippen LogP contribution in [0.3, 0.4) is 0 Å². The first-order valence-corrected chi connectivity index (χ1v) is 9.09. The standard InChI is InChI=1S/C18H28N4O2.ClH/c1-12-16(18(24)21-13(2)20-12)11-17(23)22-9-5-15(6-10-22)14-3-7-19-8-4-14;/h14-15,19H,3-11H2,1-2H3,(H,20,21,24);1H. The van der Waals surface area contributed by atoms with E-state index in [4.69, 9.17) is 0 Å². The molecule has 6 nitrogen and oxygen atoms in total. The summed E-state index contributed by atoms with van der Waals surface area (Å²) in [6, 6.07) is 0. The maximum atomic E-state index is 12.6. The summed E-state index contributed by atoms with van der Waals surface area (Å²) in [6.45, 7) is 7.46. The largest absolute Gasteiger partial charge is 0.342 e. The molecule has 1 aromatic rings. The van der Waals surface area contributed by atoms with Gasteiger partial charge in [-0.1, -0.05) is 0 Å². The molecule has 0 spiro atoms. The smallest absolute Gasteiger partial charge is 0.254 e. The van der Waals surface area contributed by atoms with Gasteiger partial charge in [0.2, 0.25) is 5.91 Å². The van der Waals surface area contributed by atoms with Gasteiger partial charge in [0.25, 0.3) is 5.56 Å². The van der Waals surface area contributed by atoms with E-state index in [1.165, 1.54) is 12.8 Å². The van der Waals surface area contributed by atoms with E-state index in [1.807, 2.05) is 4.90 Å². The first kappa shape index (κ1) is 19.9. The average Bonchev–Trinajstić information content (AvgIpc) is 2.59. The normalized spacial score (nSPS) is 19.5. The third kappa shape index (κ3) is 4.82. The number of aromatic amines is 1. The Balaban J connectivity index is 0.00000225. The number of hydrogen-bond donors (Lipinski definition) is 2. The molecule has 2 fully saturated rings. The third-order valence-electron chi connectivity index (χ3n) is 5.61. The molecule has 140 valence electrons. The van der Waals surface area contributed by atoms with Gasteiger partial charge in [0, 0.05) is 24.3 Å². The van der Waals surface area contributed by atoms with Gasteiger partial charge in [-0.2, -0.15) is 0 Å². The van der Waals surface area contributed by atoms with Gasteiger partial charge in [-0.05, 0) is 64.5 Å². The minimum Gasteiger partial charge on any atom is -0.342 e. The summed E-state index contributed by atoms with van der Waals surface area (Å²) in [4.78, 5) is 33.5. The second kappa shape index (κ2) is 8.81. The van der Waals surface area contributed by atoms with E-state index in [0.717, 1.165) is 50.9 Å². The molecular formula is C18H29ClN4O2. The summed E-state index contributed by atoms with van der Waals surface area (Å²) < 4.78 is 0. The van der Waals surface area contributed by atoms with E-state index in [2.05, 4.69) is 15.3 Å². The zero-order valence-corrected chi connectivity index (χ0v) is 16.0. The highest BCUT2D eigenvalue weighted by Crippen LogP contribution is 2.30. The quantitative estimate of drug-likeness (QED) is 0.849. The molecule has 3 heterocycles. The van der Waals surface area contributed by atoms with Gasteiger partial charge in [-0.15, -0.1) is 12.4 Å². The highest BCUT2D eigenvalue weighted by molar-refractivity contribution is 5.85. The molecule has 2 saturated heterocycles. The molecule has 0 aliphatic carbocycles. The number of H-pyrrole nitrogens is 1. The molecule has 0 radical (unpaired) electrons. The predicted octanol–water partition coefficient (Wildman–Crippen LogP) is 1.59. The zero-order valence-electron chi connectivity index (χ0n) is 15.1. The fourth-order valence-electron chi connectivity index (χ4n) is 4.16. The molecule has 1 amide bonds. The lowest BCUT2D eigenvalue weighted by Crippen LogP contribution is -2.43. The van der Waals surface area contributed by atoms with E-state index < -0.39 is 0 Å². The molecule has 0 atom stereocenters. The number of likely N-dealkylation sites (tertiary alicyclic amines) is 1. The number of nitrogens with zero attached hydrogens (tertiary/aromatic N) is 2. The van der Waals surface area contributed by atoms with Crippen LogP contribution >= 0.6 is 12.4 Å². The number of amides is 1. The van der Waals surface area contributed by atoms with Crippen LogP contribution in [-0.4, -0.2) is 47.0 Å². The monoisotopic (exact) mass is 368 g/mol. The van der Waals surface area contributed by atoms with Gasteiger partial charge in [0.1, 0.15) is 5.82 Å². The Morgan fingerprint density at radius 2 is 1.72 bits per heavy atom. The average molecular weight is 369 g/mol. The van der Waals surface area contributed by atoms with Gasteiger partial charge in [-0.25, -0.2) is 4.98 Å². The number of rotatable bonds is 3. The number of aryl methyl sites for hydroxylation is 2. The highest BCUT2D eigenvalue weighted by atomic mass is 35.5. The van der Waals surface area contributed by atoms with Crippen molar-refractivity contribution in [3.8, 4) is 0 Å². The van der Waals surface area contributed by atoms with Gasteiger partial charge < -0.3 is 15.2 Å². The van der Waals surface area contributed by atoms with E-state index in [-0.39, 0.29) is 30.3 Å². The molecule has 3 rings (SSSR count). The number of aromatic nitrogens is 2. The summed E-state index contributed by atoms with van der Waals surface area (Å²) in [7, 11) is 0. The Hall–Kier alpha value is -1.40. The summed E-state index contributed by atoms with van der Waals surface area (Å²) in [5, 5.41) is 3.42. The van der Waals surface area contributed by atoms with Crippen LogP contribution in [0.5, 0.6) is 0 Å². The Labute approximate surface area is 155 Å². The molecule has 0 bridgehead atoms. The van der Waals surface area contributed by atoms with Gasteiger partial charge in [0.05, 0.1) is 6.42 Å². The third-order valence-corrected chi connectivity index (χ3v) is 5.61. The zero-order chi connectivity index (χ0) is 17.1. The molecular weight excluding hydrogens is 340 g/mol. The lowest BCUT2D eigenvalue weighted by molar-refractivity contribution is -0.132. The molecule has 25 heavy (non-hydrogen) atoms. The van der Waals surface area contributed by atoms with Crippen LogP contribution in [0.1, 0.15) is 42.8 Å².